The summed E-state index contributed by atoms with van der Waals surface area (Å²) in [7, 11) is 1.94. The van der Waals surface area contributed by atoms with Gasteiger partial charge >= 0.3 is 0 Å². The van der Waals surface area contributed by atoms with E-state index >= 15 is 0 Å². The zero-order valence-corrected chi connectivity index (χ0v) is 15.0. The second-order valence-corrected chi connectivity index (χ2v) is 6.99. The Labute approximate surface area is 146 Å². The zero-order valence-electron chi connectivity index (χ0n) is 15.0. The minimum absolute atomic E-state index is 0.00811. The Balaban J connectivity index is 1.38. The van der Waals surface area contributed by atoms with Gasteiger partial charge in [0.1, 0.15) is 0 Å². The molecule has 1 saturated heterocycles. The fraction of sp³-hybridized carbons (Fsp3) is 0.647. The van der Waals surface area contributed by atoms with E-state index in [1.807, 2.05) is 28.2 Å². The molecule has 0 aromatic carbocycles. The molecule has 0 unspecified atom stereocenters. The van der Waals surface area contributed by atoms with Crippen molar-refractivity contribution in [1.82, 2.24) is 29.7 Å². The van der Waals surface area contributed by atoms with Crippen molar-refractivity contribution in [2.45, 2.75) is 51.9 Å². The number of likely N-dealkylation sites (tertiary alicyclic amines) is 1. The minimum atomic E-state index is 0.00811. The van der Waals surface area contributed by atoms with Crippen LogP contribution in [0.2, 0.25) is 0 Å². The van der Waals surface area contributed by atoms with Gasteiger partial charge in [-0.2, -0.15) is 5.10 Å². The molecule has 0 spiro atoms. The highest BCUT2D eigenvalue weighted by molar-refractivity contribution is 5.76. The molecule has 0 saturated carbocycles. The summed E-state index contributed by atoms with van der Waals surface area (Å²) in [4.78, 5) is 14.6. The van der Waals surface area contributed by atoms with E-state index in [9.17, 15) is 4.79 Å². The molecular weight excluding hydrogens is 320 g/mol. The molecule has 2 aliphatic rings. The zero-order chi connectivity index (χ0) is 17.6. The number of hydrogen-bond donors (Lipinski definition) is 0. The molecule has 2 atom stereocenters. The molecule has 0 aliphatic carbocycles. The van der Waals surface area contributed by atoms with Crippen LogP contribution in [0.5, 0.6) is 0 Å². The van der Waals surface area contributed by atoms with Crippen molar-refractivity contribution in [3.05, 3.63) is 28.8 Å². The number of piperidine rings is 1. The van der Waals surface area contributed by atoms with Crippen LogP contribution in [0, 0.1) is 13.8 Å². The predicted octanol–water partition coefficient (Wildman–Crippen LogP) is 0.933. The largest absolute Gasteiger partial charge is 0.368 e. The Hall–Kier alpha value is -2.22. The number of carbonyl (C=O) groups excluding carboxylic acids is 1. The maximum atomic E-state index is 12.7. The summed E-state index contributed by atoms with van der Waals surface area (Å²) in [5.41, 5.74) is 4.36. The van der Waals surface area contributed by atoms with E-state index in [4.69, 9.17) is 4.74 Å². The number of amides is 1. The molecule has 0 N–H and O–H groups in total. The van der Waals surface area contributed by atoms with Crippen LogP contribution in [0.3, 0.4) is 0 Å². The SMILES string of the molecule is Cc1nn(C)c(C)c1CCC(=O)N1CC[C@H]2[C@H](C1)OCc1cnnn12. The average Bonchev–Trinajstić information content (AvgIpc) is 3.18. The van der Waals surface area contributed by atoms with Crippen LogP contribution in [0.1, 0.15) is 41.5 Å². The number of ether oxygens (including phenoxy) is 1. The fourth-order valence-electron chi connectivity index (χ4n) is 3.98. The lowest BCUT2D eigenvalue weighted by molar-refractivity contribution is -0.139. The van der Waals surface area contributed by atoms with E-state index in [2.05, 4.69) is 22.3 Å². The van der Waals surface area contributed by atoms with Gasteiger partial charge in [0.25, 0.3) is 0 Å². The van der Waals surface area contributed by atoms with Crippen molar-refractivity contribution in [2.75, 3.05) is 13.1 Å². The van der Waals surface area contributed by atoms with Crippen LogP contribution < -0.4 is 0 Å². The lowest BCUT2D eigenvalue weighted by Crippen LogP contribution is -2.50. The minimum Gasteiger partial charge on any atom is -0.368 e. The fourth-order valence-corrected chi connectivity index (χ4v) is 3.98. The lowest BCUT2D eigenvalue weighted by atomic mass is 9.99. The lowest BCUT2D eigenvalue weighted by Gasteiger charge is -2.41. The number of rotatable bonds is 3. The Morgan fingerprint density at radius 1 is 1.40 bits per heavy atom. The Bertz CT molecular complexity index is 795. The van der Waals surface area contributed by atoms with Crippen molar-refractivity contribution in [2.24, 2.45) is 7.05 Å². The van der Waals surface area contributed by atoms with Crippen molar-refractivity contribution < 1.29 is 9.53 Å². The third-order valence-corrected chi connectivity index (χ3v) is 5.53. The van der Waals surface area contributed by atoms with Gasteiger partial charge in [-0.15, -0.1) is 5.10 Å². The van der Waals surface area contributed by atoms with Gasteiger partial charge in [-0.1, -0.05) is 5.21 Å². The maximum absolute atomic E-state index is 12.7. The molecule has 0 radical (unpaired) electrons. The summed E-state index contributed by atoms with van der Waals surface area (Å²) in [5.74, 6) is 0.189. The number of hydrogen-bond acceptors (Lipinski definition) is 5. The number of aryl methyl sites for hydroxylation is 2. The Morgan fingerprint density at radius 2 is 2.24 bits per heavy atom. The summed E-state index contributed by atoms with van der Waals surface area (Å²) < 4.78 is 9.80. The maximum Gasteiger partial charge on any atom is 0.222 e. The molecule has 2 aromatic heterocycles. The molecule has 2 aliphatic heterocycles. The third kappa shape index (κ3) is 2.84. The van der Waals surface area contributed by atoms with Gasteiger partial charge in [0.15, 0.2) is 0 Å². The summed E-state index contributed by atoms with van der Waals surface area (Å²) in [5, 5.41) is 12.6. The van der Waals surface area contributed by atoms with E-state index in [-0.39, 0.29) is 18.1 Å². The van der Waals surface area contributed by atoms with Crippen LogP contribution in [-0.4, -0.2) is 54.8 Å². The van der Waals surface area contributed by atoms with Crippen molar-refractivity contribution in [1.29, 1.82) is 0 Å². The number of aromatic nitrogens is 5. The topological polar surface area (TPSA) is 78.1 Å². The van der Waals surface area contributed by atoms with E-state index in [1.54, 1.807) is 6.20 Å². The van der Waals surface area contributed by atoms with E-state index < -0.39 is 0 Å². The molecular formula is C17H24N6O2. The molecule has 8 heteroatoms. The van der Waals surface area contributed by atoms with Gasteiger partial charge in [0.2, 0.25) is 5.91 Å². The first-order valence-corrected chi connectivity index (χ1v) is 8.82. The van der Waals surface area contributed by atoms with Gasteiger partial charge in [-0.25, -0.2) is 4.68 Å². The quantitative estimate of drug-likeness (QED) is 0.828. The van der Waals surface area contributed by atoms with Crippen LogP contribution in [-0.2, 0) is 29.6 Å². The van der Waals surface area contributed by atoms with Crippen molar-refractivity contribution in [3.63, 3.8) is 0 Å². The second-order valence-electron chi connectivity index (χ2n) is 6.99. The summed E-state index contributed by atoms with van der Waals surface area (Å²) in [6.07, 6.45) is 3.88. The van der Waals surface area contributed by atoms with Gasteiger partial charge in [0, 0.05) is 32.3 Å². The van der Waals surface area contributed by atoms with Crippen LogP contribution in [0.4, 0.5) is 0 Å². The van der Waals surface area contributed by atoms with Crippen LogP contribution in [0.15, 0.2) is 6.20 Å². The molecule has 1 amide bonds. The summed E-state index contributed by atoms with van der Waals surface area (Å²) in [6, 6.07) is 0.193. The third-order valence-electron chi connectivity index (χ3n) is 5.53. The van der Waals surface area contributed by atoms with Gasteiger partial charge in [-0.05, 0) is 32.3 Å². The summed E-state index contributed by atoms with van der Waals surface area (Å²) >= 11 is 0. The van der Waals surface area contributed by atoms with Gasteiger partial charge < -0.3 is 9.64 Å². The Morgan fingerprint density at radius 3 is 3.00 bits per heavy atom. The number of nitrogens with zero attached hydrogens (tertiary/aromatic N) is 6. The molecule has 2 aromatic rings. The molecule has 134 valence electrons. The monoisotopic (exact) mass is 344 g/mol. The molecule has 25 heavy (non-hydrogen) atoms. The summed E-state index contributed by atoms with van der Waals surface area (Å²) in [6.45, 7) is 5.95. The van der Waals surface area contributed by atoms with E-state index in [0.29, 0.717) is 19.6 Å². The smallest absolute Gasteiger partial charge is 0.222 e. The predicted molar refractivity (Wildman–Crippen MR) is 89.8 cm³/mol. The molecule has 0 bridgehead atoms. The standard InChI is InChI=1S/C17H24N6O2/c1-11-14(12(2)21(3)19-11)4-5-17(24)22-7-6-15-16(9-22)25-10-13-8-18-20-23(13)15/h8,15-16H,4-7,9-10H2,1-3H3/t15-,16-/m0/s1. The molecule has 4 rings (SSSR count). The first-order chi connectivity index (χ1) is 12.0. The number of fused-ring (bicyclic) bond motifs is 3. The van der Waals surface area contributed by atoms with Crippen LogP contribution in [0.25, 0.3) is 0 Å². The van der Waals surface area contributed by atoms with Crippen molar-refractivity contribution in [3.8, 4) is 0 Å². The van der Waals surface area contributed by atoms with E-state index in [1.165, 1.54) is 5.56 Å². The first-order valence-electron chi connectivity index (χ1n) is 8.82. The molecule has 4 heterocycles. The molecule has 1 fully saturated rings. The highest BCUT2D eigenvalue weighted by Gasteiger charge is 2.37. The van der Waals surface area contributed by atoms with Gasteiger partial charge in [-0.3, -0.25) is 9.48 Å². The highest BCUT2D eigenvalue weighted by Crippen LogP contribution is 2.30. The number of carbonyl (C=O) groups is 1. The van der Waals surface area contributed by atoms with E-state index in [0.717, 1.165) is 36.5 Å². The normalized spacial score (nSPS) is 22.6. The van der Waals surface area contributed by atoms with Crippen LogP contribution >= 0.6 is 0 Å². The van der Waals surface area contributed by atoms with Gasteiger partial charge in [0.05, 0.1) is 36.3 Å². The second kappa shape index (κ2) is 6.25. The molecule has 8 nitrogen and oxygen atoms in total. The first kappa shape index (κ1) is 16.3. The van der Waals surface area contributed by atoms with Crippen molar-refractivity contribution >= 4 is 5.91 Å². The average molecular weight is 344 g/mol. The highest BCUT2D eigenvalue weighted by atomic mass is 16.5. The Kier molecular flexibility index (Phi) is 4.07.